The van der Waals surface area contributed by atoms with Gasteiger partial charge in [0, 0.05) is 24.7 Å². The Bertz CT molecular complexity index is 485. The van der Waals surface area contributed by atoms with Crippen LogP contribution in [0.2, 0.25) is 0 Å². The monoisotopic (exact) mass is 261 g/mol. The van der Waals surface area contributed by atoms with Crippen LogP contribution in [0, 0.1) is 0 Å². The number of ether oxygens (including phenoxy) is 1. The van der Waals surface area contributed by atoms with Crippen molar-refractivity contribution in [2.45, 2.75) is 32.7 Å². The van der Waals surface area contributed by atoms with Crippen LogP contribution in [0.4, 0.5) is 5.95 Å². The van der Waals surface area contributed by atoms with Gasteiger partial charge in [0.1, 0.15) is 5.76 Å². The maximum Gasteiger partial charge on any atom is 0.226 e. The summed E-state index contributed by atoms with van der Waals surface area (Å²) in [6, 6.07) is 5.79. The first-order valence-corrected chi connectivity index (χ1v) is 6.52. The third-order valence-electron chi connectivity index (χ3n) is 2.55. The highest BCUT2D eigenvalue weighted by Crippen LogP contribution is 2.11. The standard InChI is InChI=1S/C14H19N3O2/c1-3-8-19-13-6-7-15-14(17-13)16-11(2)10-12-5-4-9-18-12/h4-7,9,11H,3,8,10H2,1-2H3,(H,15,16,17). The first-order chi connectivity index (χ1) is 9.28. The number of nitrogens with zero attached hydrogens (tertiary/aromatic N) is 2. The molecule has 1 atom stereocenters. The minimum atomic E-state index is 0.188. The molecule has 0 fully saturated rings. The van der Waals surface area contributed by atoms with E-state index in [1.54, 1.807) is 18.5 Å². The van der Waals surface area contributed by atoms with Crippen molar-refractivity contribution in [2.24, 2.45) is 0 Å². The molecule has 2 rings (SSSR count). The van der Waals surface area contributed by atoms with E-state index < -0.39 is 0 Å². The highest BCUT2D eigenvalue weighted by Gasteiger charge is 2.08. The van der Waals surface area contributed by atoms with Crippen molar-refractivity contribution in [1.82, 2.24) is 9.97 Å². The quantitative estimate of drug-likeness (QED) is 0.830. The van der Waals surface area contributed by atoms with Crippen LogP contribution in [0.25, 0.3) is 0 Å². The van der Waals surface area contributed by atoms with Gasteiger partial charge in [0.2, 0.25) is 11.8 Å². The normalized spacial score (nSPS) is 12.1. The zero-order valence-corrected chi connectivity index (χ0v) is 11.3. The number of rotatable bonds is 7. The van der Waals surface area contributed by atoms with Crippen molar-refractivity contribution in [1.29, 1.82) is 0 Å². The SMILES string of the molecule is CCCOc1ccnc(NC(C)Cc2ccco2)n1. The Labute approximate surface area is 113 Å². The number of hydrogen-bond donors (Lipinski definition) is 1. The average molecular weight is 261 g/mol. The first-order valence-electron chi connectivity index (χ1n) is 6.52. The van der Waals surface area contributed by atoms with E-state index in [-0.39, 0.29) is 6.04 Å². The summed E-state index contributed by atoms with van der Waals surface area (Å²) in [6.45, 7) is 4.79. The summed E-state index contributed by atoms with van der Waals surface area (Å²) in [5.41, 5.74) is 0. The van der Waals surface area contributed by atoms with Gasteiger partial charge in [0.05, 0.1) is 12.9 Å². The lowest BCUT2D eigenvalue weighted by Crippen LogP contribution is -2.19. The largest absolute Gasteiger partial charge is 0.478 e. The summed E-state index contributed by atoms with van der Waals surface area (Å²) in [6.07, 6.45) is 5.12. The van der Waals surface area contributed by atoms with Crippen molar-refractivity contribution < 1.29 is 9.15 Å². The van der Waals surface area contributed by atoms with Crippen LogP contribution >= 0.6 is 0 Å². The van der Waals surface area contributed by atoms with Gasteiger partial charge in [-0.3, -0.25) is 0 Å². The van der Waals surface area contributed by atoms with Crippen LogP contribution in [0.1, 0.15) is 26.0 Å². The van der Waals surface area contributed by atoms with Gasteiger partial charge in [-0.2, -0.15) is 4.98 Å². The topological polar surface area (TPSA) is 60.2 Å². The molecule has 19 heavy (non-hydrogen) atoms. The van der Waals surface area contributed by atoms with E-state index in [0.29, 0.717) is 18.4 Å². The zero-order valence-electron chi connectivity index (χ0n) is 11.3. The summed E-state index contributed by atoms with van der Waals surface area (Å²) in [4.78, 5) is 8.49. The fourth-order valence-electron chi connectivity index (χ4n) is 1.70. The summed E-state index contributed by atoms with van der Waals surface area (Å²) in [7, 11) is 0. The van der Waals surface area contributed by atoms with Gasteiger partial charge in [0.25, 0.3) is 0 Å². The van der Waals surface area contributed by atoms with Crippen LogP contribution in [-0.4, -0.2) is 22.6 Å². The molecule has 0 aliphatic carbocycles. The second-order valence-electron chi connectivity index (χ2n) is 4.40. The molecule has 0 amide bonds. The second kappa shape index (κ2) is 6.78. The van der Waals surface area contributed by atoms with E-state index in [2.05, 4.69) is 29.1 Å². The molecule has 102 valence electrons. The van der Waals surface area contributed by atoms with Gasteiger partial charge in [-0.05, 0) is 25.5 Å². The average Bonchev–Trinajstić information content (AvgIpc) is 2.89. The third-order valence-corrected chi connectivity index (χ3v) is 2.55. The molecule has 0 saturated carbocycles. The molecule has 0 radical (unpaired) electrons. The molecule has 0 aromatic carbocycles. The van der Waals surface area contributed by atoms with Crippen LogP contribution in [-0.2, 0) is 6.42 Å². The predicted molar refractivity (Wildman–Crippen MR) is 73.3 cm³/mol. The summed E-state index contributed by atoms with van der Waals surface area (Å²) >= 11 is 0. The third kappa shape index (κ3) is 4.28. The van der Waals surface area contributed by atoms with E-state index in [0.717, 1.165) is 18.6 Å². The number of anilines is 1. The fourth-order valence-corrected chi connectivity index (χ4v) is 1.70. The van der Waals surface area contributed by atoms with E-state index in [9.17, 15) is 0 Å². The van der Waals surface area contributed by atoms with Gasteiger partial charge >= 0.3 is 0 Å². The molecule has 0 spiro atoms. The Hall–Kier alpha value is -2.04. The molecule has 1 unspecified atom stereocenters. The summed E-state index contributed by atoms with van der Waals surface area (Å²) in [5.74, 6) is 2.12. The van der Waals surface area contributed by atoms with Crippen LogP contribution in [0.15, 0.2) is 35.1 Å². The van der Waals surface area contributed by atoms with Crippen molar-refractivity contribution in [2.75, 3.05) is 11.9 Å². The smallest absolute Gasteiger partial charge is 0.226 e. The second-order valence-corrected chi connectivity index (χ2v) is 4.40. The van der Waals surface area contributed by atoms with Gasteiger partial charge in [-0.1, -0.05) is 6.92 Å². The molecular formula is C14H19N3O2. The summed E-state index contributed by atoms with van der Waals surface area (Å²) < 4.78 is 10.8. The van der Waals surface area contributed by atoms with Gasteiger partial charge in [-0.25, -0.2) is 4.98 Å². The molecule has 5 heteroatoms. The molecule has 0 aliphatic heterocycles. The van der Waals surface area contributed by atoms with Crippen molar-refractivity contribution >= 4 is 5.95 Å². The van der Waals surface area contributed by atoms with Crippen LogP contribution in [0.3, 0.4) is 0 Å². The highest BCUT2D eigenvalue weighted by atomic mass is 16.5. The maximum atomic E-state index is 5.47. The number of hydrogen-bond acceptors (Lipinski definition) is 5. The molecule has 2 aromatic rings. The zero-order chi connectivity index (χ0) is 13.5. The Kier molecular flexibility index (Phi) is 4.78. The lowest BCUT2D eigenvalue weighted by molar-refractivity contribution is 0.305. The van der Waals surface area contributed by atoms with E-state index >= 15 is 0 Å². The maximum absolute atomic E-state index is 5.47. The number of aromatic nitrogens is 2. The molecule has 0 aliphatic rings. The van der Waals surface area contributed by atoms with Gasteiger partial charge in [0.15, 0.2) is 0 Å². The van der Waals surface area contributed by atoms with E-state index in [1.165, 1.54) is 0 Å². The Morgan fingerprint density at radius 2 is 2.32 bits per heavy atom. The molecule has 2 heterocycles. The summed E-state index contributed by atoms with van der Waals surface area (Å²) in [5, 5.41) is 3.23. The fraction of sp³-hybridized carbons (Fsp3) is 0.429. The molecule has 0 saturated heterocycles. The molecule has 5 nitrogen and oxygen atoms in total. The lowest BCUT2D eigenvalue weighted by atomic mass is 10.2. The molecule has 1 N–H and O–H groups in total. The predicted octanol–water partition coefficient (Wildman–Crippen LogP) is 2.90. The lowest BCUT2D eigenvalue weighted by Gasteiger charge is -2.12. The van der Waals surface area contributed by atoms with E-state index in [4.69, 9.17) is 9.15 Å². The molecular weight excluding hydrogens is 242 g/mol. The van der Waals surface area contributed by atoms with Crippen molar-refractivity contribution in [3.8, 4) is 5.88 Å². The highest BCUT2D eigenvalue weighted by molar-refractivity contribution is 5.29. The van der Waals surface area contributed by atoms with Crippen LogP contribution in [0.5, 0.6) is 5.88 Å². The Morgan fingerprint density at radius 3 is 3.05 bits per heavy atom. The minimum absolute atomic E-state index is 0.188. The molecule has 0 bridgehead atoms. The minimum Gasteiger partial charge on any atom is -0.478 e. The molecule has 2 aromatic heterocycles. The van der Waals surface area contributed by atoms with Crippen molar-refractivity contribution in [3.63, 3.8) is 0 Å². The first kappa shape index (κ1) is 13.4. The van der Waals surface area contributed by atoms with Gasteiger partial charge < -0.3 is 14.5 Å². The van der Waals surface area contributed by atoms with Gasteiger partial charge in [-0.15, -0.1) is 0 Å². The van der Waals surface area contributed by atoms with E-state index in [1.807, 2.05) is 12.1 Å². The number of nitrogens with one attached hydrogen (secondary N) is 1. The van der Waals surface area contributed by atoms with Crippen LogP contribution < -0.4 is 10.1 Å². The Balaban J connectivity index is 1.90. The van der Waals surface area contributed by atoms with Crippen molar-refractivity contribution in [3.05, 3.63) is 36.4 Å². The number of furan rings is 1. The Morgan fingerprint density at radius 1 is 1.42 bits per heavy atom.